The van der Waals surface area contributed by atoms with Gasteiger partial charge in [0.05, 0.1) is 6.61 Å². The molecule has 1 aliphatic heterocycles. The molecule has 74 valence electrons. The van der Waals surface area contributed by atoms with E-state index in [9.17, 15) is 9.59 Å². The number of nitrogens with zero attached hydrogens (tertiary/aromatic N) is 1. The first-order chi connectivity index (χ1) is 6.24. The minimum absolute atomic E-state index is 0.00449. The lowest BCUT2D eigenvalue weighted by Gasteiger charge is -2.26. The summed E-state index contributed by atoms with van der Waals surface area (Å²) < 4.78 is 4.97. The molecule has 13 heavy (non-hydrogen) atoms. The van der Waals surface area contributed by atoms with Crippen molar-refractivity contribution in [3.8, 4) is 0 Å². The zero-order valence-electron chi connectivity index (χ0n) is 7.91. The van der Waals surface area contributed by atoms with E-state index in [-0.39, 0.29) is 18.3 Å². The predicted octanol–water partition coefficient (Wildman–Crippen LogP) is 0.214. The Morgan fingerprint density at radius 1 is 1.62 bits per heavy atom. The number of carbonyl (C=O) groups is 2. The van der Waals surface area contributed by atoms with Gasteiger partial charge in [-0.25, -0.2) is 0 Å². The topological polar surface area (TPSA) is 46.6 Å². The van der Waals surface area contributed by atoms with Crippen molar-refractivity contribution in [2.75, 3.05) is 26.3 Å². The van der Waals surface area contributed by atoms with Crippen LogP contribution in [0.3, 0.4) is 0 Å². The number of hydrogen-bond donors (Lipinski definition) is 0. The third-order valence-electron chi connectivity index (χ3n) is 2.14. The maximum absolute atomic E-state index is 11.2. The molecule has 4 nitrogen and oxygen atoms in total. The van der Waals surface area contributed by atoms with Gasteiger partial charge in [0, 0.05) is 25.9 Å². The van der Waals surface area contributed by atoms with Crippen molar-refractivity contribution in [2.45, 2.75) is 19.8 Å². The fourth-order valence-corrected chi connectivity index (χ4v) is 1.22. The van der Waals surface area contributed by atoms with E-state index in [1.54, 1.807) is 4.90 Å². The Morgan fingerprint density at radius 2 is 2.38 bits per heavy atom. The Bertz CT molecular complexity index is 203. The maximum atomic E-state index is 11.2. The number of rotatable bonds is 4. The van der Waals surface area contributed by atoms with E-state index in [2.05, 4.69) is 0 Å². The van der Waals surface area contributed by atoms with Crippen molar-refractivity contribution >= 4 is 11.7 Å². The van der Waals surface area contributed by atoms with Gasteiger partial charge in [-0.2, -0.15) is 0 Å². The van der Waals surface area contributed by atoms with Crippen molar-refractivity contribution in [1.29, 1.82) is 0 Å². The summed E-state index contributed by atoms with van der Waals surface area (Å²) in [4.78, 5) is 23.9. The summed E-state index contributed by atoms with van der Waals surface area (Å²) in [7, 11) is 0. The van der Waals surface area contributed by atoms with Gasteiger partial charge in [0.1, 0.15) is 12.4 Å². The molecular weight excluding hydrogens is 170 g/mol. The van der Waals surface area contributed by atoms with Gasteiger partial charge in [-0.15, -0.1) is 0 Å². The van der Waals surface area contributed by atoms with Crippen molar-refractivity contribution in [2.24, 2.45) is 0 Å². The Morgan fingerprint density at radius 3 is 3.00 bits per heavy atom. The van der Waals surface area contributed by atoms with Crippen LogP contribution in [-0.4, -0.2) is 42.9 Å². The van der Waals surface area contributed by atoms with E-state index in [4.69, 9.17) is 4.74 Å². The van der Waals surface area contributed by atoms with E-state index in [1.165, 1.54) is 0 Å². The van der Waals surface area contributed by atoms with Gasteiger partial charge in [-0.1, -0.05) is 6.92 Å². The molecule has 0 N–H and O–H groups in total. The number of ether oxygens (including phenoxy) is 1. The van der Waals surface area contributed by atoms with E-state index < -0.39 is 0 Å². The highest BCUT2D eigenvalue weighted by atomic mass is 16.5. The van der Waals surface area contributed by atoms with Crippen molar-refractivity contribution in [1.82, 2.24) is 4.90 Å². The van der Waals surface area contributed by atoms with Gasteiger partial charge in [-0.05, 0) is 0 Å². The molecule has 4 heteroatoms. The van der Waals surface area contributed by atoms with Gasteiger partial charge in [-0.3, -0.25) is 9.59 Å². The molecule has 0 saturated carbocycles. The van der Waals surface area contributed by atoms with Crippen LogP contribution >= 0.6 is 0 Å². The van der Waals surface area contributed by atoms with Gasteiger partial charge in [0.15, 0.2) is 0 Å². The van der Waals surface area contributed by atoms with Crippen LogP contribution in [0.5, 0.6) is 0 Å². The molecule has 1 fully saturated rings. The van der Waals surface area contributed by atoms with E-state index in [0.29, 0.717) is 32.5 Å². The van der Waals surface area contributed by atoms with Crippen LogP contribution in [0.25, 0.3) is 0 Å². The maximum Gasteiger partial charge on any atom is 0.248 e. The Labute approximate surface area is 77.8 Å². The lowest BCUT2D eigenvalue weighted by atomic mass is 10.2. The molecule has 0 aliphatic carbocycles. The predicted molar refractivity (Wildman–Crippen MR) is 47.3 cm³/mol. The molecule has 1 aliphatic rings. The smallest absolute Gasteiger partial charge is 0.248 e. The van der Waals surface area contributed by atoms with Gasteiger partial charge in [0.2, 0.25) is 5.91 Å². The molecule has 0 aromatic heterocycles. The first-order valence-corrected chi connectivity index (χ1v) is 4.61. The normalized spacial score (nSPS) is 17.6. The fraction of sp³-hybridized carbons (Fsp3) is 0.778. The zero-order chi connectivity index (χ0) is 9.68. The first-order valence-electron chi connectivity index (χ1n) is 4.61. The third-order valence-corrected chi connectivity index (χ3v) is 2.14. The molecule has 0 unspecified atom stereocenters. The Balaban J connectivity index is 2.26. The largest absolute Gasteiger partial charge is 0.370 e. The lowest BCUT2D eigenvalue weighted by Crippen LogP contribution is -2.42. The number of carbonyl (C=O) groups excluding carboxylic acids is 2. The third kappa shape index (κ3) is 3.14. The molecule has 0 aromatic rings. The lowest BCUT2D eigenvalue weighted by molar-refractivity contribution is -0.142. The van der Waals surface area contributed by atoms with Crippen LogP contribution in [-0.2, 0) is 14.3 Å². The van der Waals surface area contributed by atoms with Gasteiger partial charge in [0.25, 0.3) is 0 Å². The molecule has 0 atom stereocenters. The standard InChI is InChI=1S/C9H15NO3/c1-2-8(11)3-4-10-5-6-13-7-9(10)12/h2-7H2,1H3. The highest BCUT2D eigenvalue weighted by molar-refractivity contribution is 5.81. The van der Waals surface area contributed by atoms with E-state index >= 15 is 0 Å². The first kappa shape index (κ1) is 10.2. The highest BCUT2D eigenvalue weighted by Crippen LogP contribution is 2.01. The molecule has 0 spiro atoms. The van der Waals surface area contributed by atoms with Crippen molar-refractivity contribution in [3.05, 3.63) is 0 Å². The second-order valence-electron chi connectivity index (χ2n) is 3.08. The molecular formula is C9H15NO3. The summed E-state index contributed by atoms with van der Waals surface area (Å²) in [5, 5.41) is 0. The number of amides is 1. The van der Waals surface area contributed by atoms with Gasteiger partial charge >= 0.3 is 0 Å². The minimum Gasteiger partial charge on any atom is -0.370 e. The molecule has 1 saturated heterocycles. The minimum atomic E-state index is -0.00449. The van der Waals surface area contributed by atoms with Crippen LogP contribution < -0.4 is 0 Å². The van der Waals surface area contributed by atoms with Crippen LogP contribution in [0.15, 0.2) is 0 Å². The number of ketones is 1. The SMILES string of the molecule is CCC(=O)CCN1CCOCC1=O. The van der Waals surface area contributed by atoms with E-state index in [1.807, 2.05) is 6.92 Å². The summed E-state index contributed by atoms with van der Waals surface area (Å²) in [5.41, 5.74) is 0. The van der Waals surface area contributed by atoms with Gasteiger partial charge < -0.3 is 9.64 Å². The van der Waals surface area contributed by atoms with E-state index in [0.717, 1.165) is 0 Å². The molecule has 1 amide bonds. The highest BCUT2D eigenvalue weighted by Gasteiger charge is 2.18. The second kappa shape index (κ2) is 4.97. The summed E-state index contributed by atoms with van der Waals surface area (Å²) >= 11 is 0. The molecule has 1 rings (SSSR count). The number of morpholine rings is 1. The van der Waals surface area contributed by atoms with Crippen LogP contribution in [0, 0.1) is 0 Å². The Hall–Kier alpha value is -0.900. The van der Waals surface area contributed by atoms with Crippen molar-refractivity contribution in [3.63, 3.8) is 0 Å². The summed E-state index contributed by atoms with van der Waals surface area (Å²) in [6.45, 7) is 3.76. The zero-order valence-corrected chi connectivity index (χ0v) is 7.91. The fourth-order valence-electron chi connectivity index (χ4n) is 1.22. The summed E-state index contributed by atoms with van der Waals surface area (Å²) in [5.74, 6) is 0.203. The second-order valence-corrected chi connectivity index (χ2v) is 3.08. The number of Topliss-reactive ketones (excluding diaryl/α,β-unsaturated/α-hetero) is 1. The average molecular weight is 185 g/mol. The average Bonchev–Trinajstić information content (AvgIpc) is 2.16. The van der Waals surface area contributed by atoms with Crippen LogP contribution in [0.4, 0.5) is 0 Å². The van der Waals surface area contributed by atoms with Crippen LogP contribution in [0.2, 0.25) is 0 Å². The van der Waals surface area contributed by atoms with Crippen molar-refractivity contribution < 1.29 is 14.3 Å². The quantitative estimate of drug-likeness (QED) is 0.629. The summed E-state index contributed by atoms with van der Waals surface area (Å²) in [6, 6.07) is 0. The summed E-state index contributed by atoms with van der Waals surface area (Å²) in [6.07, 6.45) is 1.03. The van der Waals surface area contributed by atoms with Crippen LogP contribution in [0.1, 0.15) is 19.8 Å². The molecule has 0 radical (unpaired) electrons. The Kier molecular flexibility index (Phi) is 3.89. The monoisotopic (exact) mass is 185 g/mol. The molecule has 0 bridgehead atoms. The number of hydrogen-bond acceptors (Lipinski definition) is 3. The molecule has 0 aromatic carbocycles. The molecule has 1 heterocycles.